The van der Waals surface area contributed by atoms with Crippen molar-refractivity contribution in [3.8, 4) is 0 Å². The first-order valence-electron chi connectivity index (χ1n) is 6.19. The maximum absolute atomic E-state index is 11.0. The van der Waals surface area contributed by atoms with Crippen molar-refractivity contribution in [3.05, 3.63) is 0 Å². The van der Waals surface area contributed by atoms with Crippen LogP contribution in [0.25, 0.3) is 0 Å². The largest absolute Gasteiger partial charge is 0.355 e. The normalized spacial score (nSPS) is 29.0. The molecule has 1 saturated carbocycles. The third-order valence-corrected chi connectivity index (χ3v) is 3.54. The number of hydrogen-bond donors (Lipinski definition) is 2. The van der Waals surface area contributed by atoms with Gasteiger partial charge in [-0.15, -0.1) is 0 Å². The third-order valence-electron chi connectivity index (χ3n) is 3.54. The molecule has 2 rings (SSSR count). The Bertz CT molecular complexity index is 224. The molecule has 86 valence electrons. The Hall–Kier alpha value is -0.570. The standard InChI is InChI=1S/C12H22N2O/c1-8(2)12(9-3-4-9)14-10-5-6-11(15)13-7-10/h8-10,12,14H,3-7H2,1-2H3,(H,13,15). The summed E-state index contributed by atoms with van der Waals surface area (Å²) >= 11 is 0. The summed E-state index contributed by atoms with van der Waals surface area (Å²) in [6, 6.07) is 1.15. The molecule has 2 aliphatic rings. The van der Waals surface area contributed by atoms with E-state index in [1.165, 1.54) is 12.8 Å². The molecule has 1 aliphatic carbocycles. The van der Waals surface area contributed by atoms with Crippen LogP contribution in [0, 0.1) is 11.8 Å². The zero-order valence-electron chi connectivity index (χ0n) is 9.75. The van der Waals surface area contributed by atoms with Crippen LogP contribution in [0.2, 0.25) is 0 Å². The van der Waals surface area contributed by atoms with Crippen LogP contribution in [0.15, 0.2) is 0 Å². The molecule has 0 spiro atoms. The van der Waals surface area contributed by atoms with Gasteiger partial charge in [0.25, 0.3) is 0 Å². The van der Waals surface area contributed by atoms with Crippen molar-refractivity contribution in [1.29, 1.82) is 0 Å². The maximum Gasteiger partial charge on any atom is 0.220 e. The molecule has 15 heavy (non-hydrogen) atoms. The zero-order chi connectivity index (χ0) is 10.8. The Morgan fingerprint density at radius 1 is 1.33 bits per heavy atom. The van der Waals surface area contributed by atoms with E-state index in [1.807, 2.05) is 0 Å². The van der Waals surface area contributed by atoms with E-state index in [1.54, 1.807) is 0 Å². The van der Waals surface area contributed by atoms with E-state index in [-0.39, 0.29) is 5.91 Å². The molecule has 2 atom stereocenters. The highest BCUT2D eigenvalue weighted by Crippen LogP contribution is 2.36. The van der Waals surface area contributed by atoms with Crippen LogP contribution < -0.4 is 10.6 Å². The summed E-state index contributed by atoms with van der Waals surface area (Å²) in [4.78, 5) is 11.0. The number of amides is 1. The average molecular weight is 210 g/mol. The second-order valence-electron chi connectivity index (χ2n) is 5.31. The molecule has 1 heterocycles. The van der Waals surface area contributed by atoms with Gasteiger partial charge < -0.3 is 10.6 Å². The third kappa shape index (κ3) is 2.94. The fraction of sp³-hybridized carbons (Fsp3) is 0.917. The van der Waals surface area contributed by atoms with Gasteiger partial charge in [0.15, 0.2) is 0 Å². The van der Waals surface area contributed by atoms with Crippen molar-refractivity contribution in [2.24, 2.45) is 11.8 Å². The van der Waals surface area contributed by atoms with Gasteiger partial charge in [-0.3, -0.25) is 4.79 Å². The molecule has 2 fully saturated rings. The monoisotopic (exact) mass is 210 g/mol. The Kier molecular flexibility index (Phi) is 3.29. The summed E-state index contributed by atoms with van der Waals surface area (Å²) in [6.07, 6.45) is 4.46. The highest BCUT2D eigenvalue weighted by atomic mass is 16.1. The molecule has 0 radical (unpaired) electrons. The number of carbonyl (C=O) groups excluding carboxylic acids is 1. The SMILES string of the molecule is CC(C)C(NC1CCC(=O)NC1)C1CC1. The lowest BCUT2D eigenvalue weighted by Crippen LogP contribution is -2.51. The predicted molar refractivity (Wildman–Crippen MR) is 60.5 cm³/mol. The van der Waals surface area contributed by atoms with Crippen molar-refractivity contribution in [2.75, 3.05) is 6.54 Å². The molecular weight excluding hydrogens is 188 g/mol. The molecule has 0 bridgehead atoms. The van der Waals surface area contributed by atoms with Crippen molar-refractivity contribution >= 4 is 5.91 Å². The van der Waals surface area contributed by atoms with Crippen LogP contribution >= 0.6 is 0 Å². The summed E-state index contributed by atoms with van der Waals surface area (Å²) in [5.41, 5.74) is 0. The topological polar surface area (TPSA) is 41.1 Å². The van der Waals surface area contributed by atoms with Crippen LogP contribution in [-0.2, 0) is 4.79 Å². The molecule has 0 aromatic heterocycles. The number of carbonyl (C=O) groups is 1. The summed E-state index contributed by atoms with van der Waals surface area (Å²) in [5.74, 6) is 1.80. The van der Waals surface area contributed by atoms with E-state index in [4.69, 9.17) is 0 Å². The predicted octanol–water partition coefficient (Wildman–Crippen LogP) is 1.29. The van der Waals surface area contributed by atoms with Crippen LogP contribution in [0.1, 0.15) is 39.5 Å². The van der Waals surface area contributed by atoms with Gasteiger partial charge in [-0.25, -0.2) is 0 Å². The number of rotatable bonds is 4. The quantitative estimate of drug-likeness (QED) is 0.734. The van der Waals surface area contributed by atoms with Gasteiger partial charge in [0.2, 0.25) is 5.91 Å². The molecule has 0 aromatic rings. The van der Waals surface area contributed by atoms with E-state index in [2.05, 4.69) is 24.5 Å². The first-order valence-corrected chi connectivity index (χ1v) is 6.19. The van der Waals surface area contributed by atoms with Crippen LogP contribution in [0.5, 0.6) is 0 Å². The highest BCUT2D eigenvalue weighted by Gasteiger charge is 2.34. The Morgan fingerprint density at radius 3 is 2.53 bits per heavy atom. The maximum atomic E-state index is 11.0. The Balaban J connectivity index is 1.81. The molecule has 3 heteroatoms. The molecular formula is C12H22N2O. The van der Waals surface area contributed by atoms with E-state index in [9.17, 15) is 4.79 Å². The molecule has 1 saturated heterocycles. The minimum Gasteiger partial charge on any atom is -0.355 e. The lowest BCUT2D eigenvalue weighted by atomic mass is 9.96. The second-order valence-corrected chi connectivity index (χ2v) is 5.31. The van der Waals surface area contributed by atoms with Crippen LogP contribution in [0.4, 0.5) is 0 Å². The minimum atomic E-state index is 0.209. The molecule has 2 unspecified atom stereocenters. The molecule has 0 aromatic carbocycles. The lowest BCUT2D eigenvalue weighted by molar-refractivity contribution is -0.122. The molecule has 2 N–H and O–H groups in total. The van der Waals surface area contributed by atoms with Gasteiger partial charge >= 0.3 is 0 Å². The van der Waals surface area contributed by atoms with Gasteiger partial charge in [-0.1, -0.05) is 13.8 Å². The summed E-state index contributed by atoms with van der Waals surface area (Å²) in [6.45, 7) is 5.39. The lowest BCUT2D eigenvalue weighted by Gasteiger charge is -2.31. The number of piperidine rings is 1. The van der Waals surface area contributed by atoms with E-state index in [0.29, 0.717) is 24.4 Å². The van der Waals surface area contributed by atoms with Gasteiger partial charge in [-0.05, 0) is 31.1 Å². The summed E-state index contributed by atoms with van der Waals surface area (Å²) in [7, 11) is 0. The summed E-state index contributed by atoms with van der Waals surface area (Å²) in [5, 5.41) is 6.66. The van der Waals surface area contributed by atoms with E-state index in [0.717, 1.165) is 18.9 Å². The smallest absolute Gasteiger partial charge is 0.220 e. The second kappa shape index (κ2) is 4.52. The van der Waals surface area contributed by atoms with Crippen molar-refractivity contribution in [3.63, 3.8) is 0 Å². The fourth-order valence-corrected chi connectivity index (χ4v) is 2.48. The molecule has 3 nitrogen and oxygen atoms in total. The molecule has 1 aliphatic heterocycles. The number of hydrogen-bond acceptors (Lipinski definition) is 2. The van der Waals surface area contributed by atoms with E-state index < -0.39 is 0 Å². The van der Waals surface area contributed by atoms with Crippen molar-refractivity contribution < 1.29 is 4.79 Å². The Morgan fingerprint density at radius 2 is 2.07 bits per heavy atom. The van der Waals surface area contributed by atoms with Gasteiger partial charge in [-0.2, -0.15) is 0 Å². The zero-order valence-corrected chi connectivity index (χ0v) is 9.75. The Labute approximate surface area is 92.0 Å². The minimum absolute atomic E-state index is 0.209. The van der Waals surface area contributed by atoms with Gasteiger partial charge in [0.1, 0.15) is 0 Å². The number of nitrogens with one attached hydrogen (secondary N) is 2. The first kappa shape index (κ1) is 10.9. The van der Waals surface area contributed by atoms with Crippen molar-refractivity contribution in [1.82, 2.24) is 10.6 Å². The highest BCUT2D eigenvalue weighted by molar-refractivity contribution is 5.76. The average Bonchev–Trinajstić information content (AvgIpc) is 3.00. The van der Waals surface area contributed by atoms with Crippen molar-refractivity contribution in [2.45, 2.75) is 51.6 Å². The first-order chi connectivity index (χ1) is 7.16. The van der Waals surface area contributed by atoms with Crippen LogP contribution in [0.3, 0.4) is 0 Å². The van der Waals surface area contributed by atoms with Gasteiger partial charge in [0, 0.05) is 25.0 Å². The van der Waals surface area contributed by atoms with E-state index >= 15 is 0 Å². The summed E-state index contributed by atoms with van der Waals surface area (Å²) < 4.78 is 0. The van der Waals surface area contributed by atoms with Crippen LogP contribution in [-0.4, -0.2) is 24.5 Å². The molecule has 1 amide bonds. The fourth-order valence-electron chi connectivity index (χ4n) is 2.48. The van der Waals surface area contributed by atoms with Gasteiger partial charge in [0.05, 0.1) is 0 Å².